The lowest BCUT2D eigenvalue weighted by molar-refractivity contribution is 0.0697. The minimum absolute atomic E-state index is 0.432. The van der Waals surface area contributed by atoms with Crippen LogP contribution in [-0.4, -0.2) is 19.5 Å². The van der Waals surface area contributed by atoms with E-state index < -0.39 is 49.6 Å². The Morgan fingerprint density at radius 2 is 1.55 bits per heavy atom. The van der Waals surface area contributed by atoms with Crippen molar-refractivity contribution < 1.29 is 31.5 Å². The SMILES string of the molecule is O=C(O)c1cc(F)ccc1NS(=O)(=O)c1cc(F)cc(F)c1. The minimum Gasteiger partial charge on any atom is -0.478 e. The lowest BCUT2D eigenvalue weighted by Crippen LogP contribution is -2.16. The summed E-state index contributed by atoms with van der Waals surface area (Å²) in [5.74, 6) is -4.67. The van der Waals surface area contributed by atoms with Gasteiger partial charge in [-0.1, -0.05) is 0 Å². The molecule has 0 aliphatic heterocycles. The second-order valence-corrected chi connectivity index (χ2v) is 5.89. The average Bonchev–Trinajstić information content (AvgIpc) is 2.39. The quantitative estimate of drug-likeness (QED) is 0.902. The molecule has 0 radical (unpaired) electrons. The summed E-state index contributed by atoms with van der Waals surface area (Å²) < 4.78 is 65.1. The number of benzene rings is 2. The third-order valence-corrected chi connectivity index (χ3v) is 3.95. The number of carbonyl (C=O) groups is 1. The van der Waals surface area contributed by atoms with Crippen molar-refractivity contribution in [3.63, 3.8) is 0 Å². The van der Waals surface area contributed by atoms with Crippen LogP contribution in [-0.2, 0) is 10.0 Å². The molecular weight excluding hydrogens is 323 g/mol. The fraction of sp³-hybridized carbons (Fsp3) is 0. The van der Waals surface area contributed by atoms with E-state index >= 15 is 0 Å². The lowest BCUT2D eigenvalue weighted by Gasteiger charge is -2.11. The number of carboxylic acid groups (broad SMARTS) is 1. The van der Waals surface area contributed by atoms with E-state index in [2.05, 4.69) is 0 Å². The predicted octanol–water partition coefficient (Wildman–Crippen LogP) is 2.60. The van der Waals surface area contributed by atoms with Gasteiger partial charge in [0.25, 0.3) is 10.0 Å². The fourth-order valence-electron chi connectivity index (χ4n) is 1.67. The molecule has 116 valence electrons. The number of rotatable bonds is 4. The predicted molar refractivity (Wildman–Crippen MR) is 70.5 cm³/mol. The van der Waals surface area contributed by atoms with E-state index in [-0.39, 0.29) is 0 Å². The Bertz CT molecular complexity index is 832. The number of halogens is 3. The van der Waals surface area contributed by atoms with Gasteiger partial charge >= 0.3 is 5.97 Å². The first-order valence-corrected chi connectivity index (χ1v) is 7.19. The zero-order valence-electron chi connectivity index (χ0n) is 10.7. The van der Waals surface area contributed by atoms with Crippen LogP contribution >= 0.6 is 0 Å². The summed E-state index contributed by atoms with van der Waals surface area (Å²) in [5, 5.41) is 8.92. The van der Waals surface area contributed by atoms with E-state index in [1.165, 1.54) is 0 Å². The molecule has 2 N–H and O–H groups in total. The minimum atomic E-state index is -4.44. The van der Waals surface area contributed by atoms with E-state index in [1.54, 1.807) is 0 Å². The molecule has 2 aromatic carbocycles. The van der Waals surface area contributed by atoms with Crippen LogP contribution in [0.5, 0.6) is 0 Å². The number of hydrogen-bond donors (Lipinski definition) is 2. The molecule has 0 bridgehead atoms. The Morgan fingerprint density at radius 1 is 0.955 bits per heavy atom. The van der Waals surface area contributed by atoms with Crippen molar-refractivity contribution in [3.8, 4) is 0 Å². The molecule has 0 aliphatic carbocycles. The van der Waals surface area contributed by atoms with Gasteiger partial charge in [0.15, 0.2) is 0 Å². The number of anilines is 1. The summed E-state index contributed by atoms with van der Waals surface area (Å²) in [4.78, 5) is 10.3. The van der Waals surface area contributed by atoms with Crippen LogP contribution < -0.4 is 4.72 Å². The molecule has 0 aliphatic rings. The molecule has 0 amide bonds. The van der Waals surface area contributed by atoms with Gasteiger partial charge in [-0.2, -0.15) is 0 Å². The van der Waals surface area contributed by atoms with Crippen molar-refractivity contribution in [1.82, 2.24) is 0 Å². The molecule has 0 atom stereocenters. The first-order valence-electron chi connectivity index (χ1n) is 5.71. The third-order valence-electron chi connectivity index (χ3n) is 2.60. The first kappa shape index (κ1) is 15.8. The molecule has 0 heterocycles. The van der Waals surface area contributed by atoms with Gasteiger partial charge in [0, 0.05) is 6.07 Å². The van der Waals surface area contributed by atoms with Gasteiger partial charge in [-0.25, -0.2) is 26.4 Å². The van der Waals surface area contributed by atoms with Crippen LogP contribution in [0.4, 0.5) is 18.9 Å². The summed E-state index contributed by atoms with van der Waals surface area (Å²) >= 11 is 0. The van der Waals surface area contributed by atoms with Gasteiger partial charge in [0.2, 0.25) is 0 Å². The molecule has 0 fully saturated rings. The van der Waals surface area contributed by atoms with Crippen molar-refractivity contribution in [2.75, 3.05) is 4.72 Å². The van der Waals surface area contributed by atoms with E-state index in [9.17, 15) is 26.4 Å². The van der Waals surface area contributed by atoms with Crippen molar-refractivity contribution in [2.45, 2.75) is 4.90 Å². The van der Waals surface area contributed by atoms with Crippen LogP contribution in [0.3, 0.4) is 0 Å². The normalized spacial score (nSPS) is 11.2. The van der Waals surface area contributed by atoms with Crippen molar-refractivity contribution >= 4 is 21.7 Å². The third kappa shape index (κ3) is 3.37. The monoisotopic (exact) mass is 331 g/mol. The highest BCUT2D eigenvalue weighted by Gasteiger charge is 2.20. The molecule has 0 spiro atoms. The molecular formula is C13H8F3NO4S. The van der Waals surface area contributed by atoms with Crippen LogP contribution in [0.2, 0.25) is 0 Å². The molecule has 22 heavy (non-hydrogen) atoms. The van der Waals surface area contributed by atoms with Gasteiger partial charge in [0.05, 0.1) is 16.1 Å². The maximum absolute atomic E-state index is 13.1. The Labute approximate surface area is 123 Å². The Hall–Kier alpha value is -2.55. The zero-order chi connectivity index (χ0) is 16.5. The fourth-order valence-corrected chi connectivity index (χ4v) is 2.79. The molecule has 0 saturated carbocycles. The van der Waals surface area contributed by atoms with Crippen molar-refractivity contribution in [2.24, 2.45) is 0 Å². The number of aromatic carboxylic acids is 1. The Morgan fingerprint density at radius 3 is 2.09 bits per heavy atom. The number of nitrogens with one attached hydrogen (secondary N) is 1. The maximum Gasteiger partial charge on any atom is 0.337 e. The summed E-state index contributed by atoms with van der Waals surface area (Å²) in [6, 6.07) is 3.97. The molecule has 0 saturated heterocycles. The van der Waals surface area contributed by atoms with E-state index in [1.807, 2.05) is 4.72 Å². The van der Waals surface area contributed by atoms with E-state index in [4.69, 9.17) is 5.11 Å². The standard InChI is InChI=1S/C13H8F3NO4S/c14-7-1-2-12(11(6-7)13(18)19)17-22(20,21)10-4-8(15)3-9(16)5-10/h1-6,17H,(H,18,19). The second kappa shape index (κ2) is 5.68. The van der Waals surface area contributed by atoms with E-state index in [0.29, 0.717) is 24.3 Å². The second-order valence-electron chi connectivity index (χ2n) is 4.21. The highest BCUT2D eigenvalue weighted by molar-refractivity contribution is 7.92. The van der Waals surface area contributed by atoms with Gasteiger partial charge in [-0.3, -0.25) is 4.72 Å². The Kier molecular flexibility index (Phi) is 4.09. The summed E-state index contributed by atoms with van der Waals surface area (Å²) in [6.07, 6.45) is 0. The molecule has 0 unspecified atom stereocenters. The highest BCUT2D eigenvalue weighted by Crippen LogP contribution is 2.22. The topological polar surface area (TPSA) is 83.5 Å². The molecule has 2 aromatic rings. The average molecular weight is 331 g/mol. The van der Waals surface area contributed by atoms with Crippen molar-refractivity contribution in [1.29, 1.82) is 0 Å². The first-order chi connectivity index (χ1) is 10.2. The molecule has 9 heteroatoms. The largest absolute Gasteiger partial charge is 0.478 e. The number of carboxylic acids is 1. The van der Waals surface area contributed by atoms with Crippen molar-refractivity contribution in [3.05, 3.63) is 59.4 Å². The highest BCUT2D eigenvalue weighted by atomic mass is 32.2. The van der Waals surface area contributed by atoms with Crippen LogP contribution in [0.1, 0.15) is 10.4 Å². The zero-order valence-corrected chi connectivity index (χ0v) is 11.5. The van der Waals surface area contributed by atoms with Gasteiger partial charge in [-0.05, 0) is 30.3 Å². The summed E-state index contributed by atoms with van der Waals surface area (Å²) in [5.41, 5.74) is -1.07. The van der Waals surface area contributed by atoms with E-state index in [0.717, 1.165) is 12.1 Å². The molecule has 5 nitrogen and oxygen atoms in total. The van der Waals surface area contributed by atoms with Crippen LogP contribution in [0.15, 0.2) is 41.3 Å². The van der Waals surface area contributed by atoms with Gasteiger partial charge < -0.3 is 5.11 Å². The Balaban J connectivity index is 2.47. The van der Waals surface area contributed by atoms with Crippen LogP contribution in [0.25, 0.3) is 0 Å². The number of hydrogen-bond acceptors (Lipinski definition) is 3. The smallest absolute Gasteiger partial charge is 0.337 e. The lowest BCUT2D eigenvalue weighted by atomic mass is 10.2. The summed E-state index contributed by atoms with van der Waals surface area (Å²) in [6.45, 7) is 0. The summed E-state index contributed by atoms with van der Waals surface area (Å²) in [7, 11) is -4.44. The van der Waals surface area contributed by atoms with Gasteiger partial charge in [-0.15, -0.1) is 0 Å². The van der Waals surface area contributed by atoms with Gasteiger partial charge in [0.1, 0.15) is 17.5 Å². The number of sulfonamides is 1. The maximum atomic E-state index is 13.1. The van der Waals surface area contributed by atoms with Crippen LogP contribution in [0, 0.1) is 17.5 Å². The molecule has 0 aromatic heterocycles. The molecule has 2 rings (SSSR count).